The molecule has 4 rings (SSSR count). The topological polar surface area (TPSA) is 380 Å². The van der Waals surface area contributed by atoms with Gasteiger partial charge in [-0.3, -0.25) is 24.7 Å². The van der Waals surface area contributed by atoms with Gasteiger partial charge in [-0.05, 0) is 104 Å². The summed E-state index contributed by atoms with van der Waals surface area (Å²) in [4.78, 5) is 126. The molecule has 0 bridgehead atoms. The highest BCUT2D eigenvalue weighted by molar-refractivity contribution is 5.87. The van der Waals surface area contributed by atoms with Gasteiger partial charge in [0, 0.05) is 62.2 Å². The summed E-state index contributed by atoms with van der Waals surface area (Å²) in [5, 5.41) is 42.6. The Hall–Kier alpha value is -6.32. The second-order valence-corrected chi connectivity index (χ2v) is 27.0. The molecule has 86 heavy (non-hydrogen) atoms. The number of ether oxygens (including phenoxy) is 3. The number of aliphatic hydroxyl groups excluding tert-OH is 4. The van der Waals surface area contributed by atoms with E-state index in [0.29, 0.717) is 56.8 Å². The molecule has 3 amide bonds. The van der Waals surface area contributed by atoms with Gasteiger partial charge in [-0.25, -0.2) is 53.7 Å². The number of hydrogen-bond acceptors (Lipinski definition) is 22. The number of H-pyrrole nitrogens is 1. The molecule has 0 aliphatic heterocycles. The van der Waals surface area contributed by atoms with E-state index in [1.54, 1.807) is 45.1 Å². The minimum Gasteiger partial charge on any atom is -0.465 e. The lowest BCUT2D eigenvalue weighted by atomic mass is 9.62. The molecular formula is C60H100N10O16. The van der Waals surface area contributed by atoms with Crippen molar-refractivity contribution in [1.29, 1.82) is 0 Å². The summed E-state index contributed by atoms with van der Waals surface area (Å²) in [6.07, 6.45) is 13.2. The number of aromatic amines is 1. The number of urea groups is 1. The maximum atomic E-state index is 12.8. The number of aliphatic imine (C=N–C) groups is 4. The number of carbonyl (C=O) groups is 4. The van der Waals surface area contributed by atoms with E-state index in [9.17, 15) is 43.2 Å². The summed E-state index contributed by atoms with van der Waals surface area (Å²) >= 11 is 0. The third kappa shape index (κ3) is 32.4. The minimum absolute atomic E-state index is 0.00750. The maximum Gasteiger partial charge on any atom is 0.407 e. The van der Waals surface area contributed by atoms with E-state index in [-0.39, 0.29) is 134 Å². The first-order chi connectivity index (χ1) is 40.2. The Labute approximate surface area is 506 Å². The van der Waals surface area contributed by atoms with Gasteiger partial charge in [-0.1, -0.05) is 76.2 Å². The fourth-order valence-electron chi connectivity index (χ4n) is 12.4. The van der Waals surface area contributed by atoms with Gasteiger partial charge in [0.25, 0.3) is 5.56 Å². The van der Waals surface area contributed by atoms with Gasteiger partial charge in [0.2, 0.25) is 30.3 Å². The van der Waals surface area contributed by atoms with Crippen LogP contribution in [0, 0.1) is 51.2 Å². The van der Waals surface area contributed by atoms with Crippen LogP contribution in [0.25, 0.3) is 0 Å². The summed E-state index contributed by atoms with van der Waals surface area (Å²) in [7, 11) is 1.85. The molecular weight excluding hydrogens is 1120 g/mol. The lowest BCUT2D eigenvalue weighted by Crippen LogP contribution is -2.49. The van der Waals surface area contributed by atoms with Crippen LogP contribution in [0.4, 0.5) is 15.5 Å². The van der Waals surface area contributed by atoms with Crippen molar-refractivity contribution in [3.8, 4) is 0 Å². The Morgan fingerprint density at radius 3 is 1.49 bits per heavy atom. The number of alkyl carbamates (subject to hydrolysis) is 1. The average Bonchev–Trinajstić information content (AvgIpc) is 1.28. The number of aryl methyl sites for hydroxylation is 1. The summed E-state index contributed by atoms with van der Waals surface area (Å²) in [5.74, 6) is -1.17. The van der Waals surface area contributed by atoms with E-state index in [4.69, 9.17) is 34.6 Å². The molecule has 26 nitrogen and oxygen atoms in total. The number of carbonyl (C=O) groups excluding carboxylic acids is 8. The van der Waals surface area contributed by atoms with Crippen molar-refractivity contribution in [2.75, 3.05) is 91.3 Å². The first-order valence-corrected chi connectivity index (χ1v) is 29.4. The molecule has 0 aromatic carbocycles. The monoisotopic (exact) mass is 1220 g/mol. The van der Waals surface area contributed by atoms with Crippen LogP contribution in [-0.4, -0.2) is 188 Å². The number of isocyanates is 4. The van der Waals surface area contributed by atoms with Crippen molar-refractivity contribution < 1.29 is 73.0 Å². The van der Waals surface area contributed by atoms with Gasteiger partial charge >= 0.3 is 24.1 Å². The van der Waals surface area contributed by atoms with Crippen molar-refractivity contribution in [2.45, 2.75) is 178 Å². The average molecular weight is 1220 g/mol. The number of nitrogens with one attached hydrogen (secondary N) is 4. The zero-order chi connectivity index (χ0) is 65.4. The molecule has 3 aliphatic carbocycles. The zero-order valence-electron chi connectivity index (χ0n) is 53.2. The molecule has 486 valence electrons. The van der Waals surface area contributed by atoms with Gasteiger partial charge in [0.1, 0.15) is 0 Å². The second kappa shape index (κ2) is 38.1. The molecule has 0 saturated heterocycles. The number of hydrogen-bond donors (Lipinski definition) is 8. The maximum absolute atomic E-state index is 12.8. The summed E-state index contributed by atoms with van der Waals surface area (Å²) in [6.45, 7) is 27.1. The number of amides is 3. The largest absolute Gasteiger partial charge is 0.465 e. The quantitative estimate of drug-likeness (QED) is 0.0243. The fraction of sp³-hybridized carbons (Fsp3) is 0.800. The molecule has 8 unspecified atom stereocenters. The highest BCUT2D eigenvalue weighted by atomic mass is 16.6. The second-order valence-electron chi connectivity index (χ2n) is 27.0. The van der Waals surface area contributed by atoms with Crippen LogP contribution in [0.2, 0.25) is 0 Å². The van der Waals surface area contributed by atoms with Crippen LogP contribution >= 0.6 is 0 Å². The lowest BCUT2D eigenvalue weighted by Gasteiger charge is -2.46. The van der Waals surface area contributed by atoms with Crippen molar-refractivity contribution in [1.82, 2.24) is 25.5 Å². The van der Waals surface area contributed by atoms with Crippen LogP contribution < -0.4 is 21.5 Å². The molecule has 1 heterocycles. The Kier molecular flexibility index (Phi) is 34.4. The standard InChI is InChI=1S/C31H47N7O6.C12H18N2O2.C12H22O6.C5H13NO2/c1-20-23(8-9-44-27(43)36-22-11-29(4,5)15-31(7,13-22)17-33-19-40)24(41)37-25(34-20)38-26(42)35-21-10-28(2,3)14-30(6,12-21)16-32-18-39;1-11(2)4-10(14-9-16)5-12(3,6-11)7-13-8-15;1-9(5-13)7-17-11(15)3-4-12(16)18-8-10(2)6-14;1-6(2-4-7)3-5-8/h21-22H,8-17H2,1-7H3,(H,36,43)(H3,34,35,37,38,41,42);10H,4-7H2,1-3H3;9-10,13-14H,3-8H2,1-2H3;7-8H,2-5H2,1H3. The van der Waals surface area contributed by atoms with Gasteiger partial charge in [-0.2, -0.15) is 0 Å². The summed E-state index contributed by atoms with van der Waals surface area (Å²) < 4.78 is 15.1. The normalized spacial score (nSPS) is 23.8. The number of rotatable bonds is 26. The van der Waals surface area contributed by atoms with Crippen LogP contribution in [0.5, 0.6) is 0 Å². The lowest BCUT2D eigenvalue weighted by molar-refractivity contribution is -0.152. The van der Waals surface area contributed by atoms with Crippen molar-refractivity contribution in [2.24, 2.45) is 64.3 Å². The Morgan fingerprint density at radius 2 is 1.08 bits per heavy atom. The van der Waals surface area contributed by atoms with Crippen LogP contribution in [-0.2, 0) is 49.4 Å². The van der Waals surface area contributed by atoms with E-state index in [1.807, 2.05) is 11.9 Å². The van der Waals surface area contributed by atoms with E-state index in [0.717, 1.165) is 44.9 Å². The highest BCUT2D eigenvalue weighted by Crippen LogP contribution is 2.49. The molecule has 1 aromatic heterocycles. The van der Waals surface area contributed by atoms with Crippen molar-refractivity contribution in [3.05, 3.63) is 21.6 Å². The fourth-order valence-corrected chi connectivity index (χ4v) is 12.4. The van der Waals surface area contributed by atoms with Gasteiger partial charge in [-0.15, -0.1) is 0 Å². The van der Waals surface area contributed by atoms with Crippen LogP contribution in [0.15, 0.2) is 24.8 Å². The predicted molar refractivity (Wildman–Crippen MR) is 321 cm³/mol. The molecule has 0 spiro atoms. The first kappa shape index (κ1) is 77.7. The van der Waals surface area contributed by atoms with E-state index in [2.05, 4.69) is 108 Å². The highest BCUT2D eigenvalue weighted by Gasteiger charge is 2.44. The molecule has 3 fully saturated rings. The number of esters is 2. The van der Waals surface area contributed by atoms with E-state index >= 15 is 0 Å². The number of anilines is 1. The van der Waals surface area contributed by atoms with Gasteiger partial charge < -0.3 is 50.2 Å². The van der Waals surface area contributed by atoms with Crippen molar-refractivity contribution >= 4 is 54.3 Å². The molecule has 3 saturated carbocycles. The third-order valence-corrected chi connectivity index (χ3v) is 15.0. The Balaban J connectivity index is 0.000000715. The summed E-state index contributed by atoms with van der Waals surface area (Å²) in [5.41, 5.74) is -0.219. The van der Waals surface area contributed by atoms with Gasteiger partial charge in [0.15, 0.2) is 0 Å². The van der Waals surface area contributed by atoms with Crippen molar-refractivity contribution in [3.63, 3.8) is 0 Å². The zero-order valence-corrected chi connectivity index (χ0v) is 53.2. The first-order valence-electron chi connectivity index (χ1n) is 29.4. The molecule has 3 aliphatic rings. The van der Waals surface area contributed by atoms with Crippen LogP contribution in [0.3, 0.4) is 0 Å². The third-order valence-electron chi connectivity index (χ3n) is 15.0. The predicted octanol–water partition coefficient (Wildman–Crippen LogP) is 5.57. The Morgan fingerprint density at radius 1 is 0.651 bits per heavy atom. The molecule has 26 heteroatoms. The van der Waals surface area contributed by atoms with Crippen LogP contribution in [0.1, 0.15) is 158 Å². The number of aliphatic hydroxyl groups is 4. The smallest absolute Gasteiger partial charge is 0.407 e. The minimum atomic E-state index is -0.578. The van der Waals surface area contributed by atoms with Gasteiger partial charge in [0.05, 0.1) is 77.2 Å². The summed E-state index contributed by atoms with van der Waals surface area (Å²) in [6, 6.07) is -0.781. The Bertz CT molecular complexity index is 2520. The number of aromatic nitrogens is 2. The van der Waals surface area contributed by atoms with E-state index in [1.165, 1.54) is 0 Å². The molecule has 1 aromatic rings. The molecule has 0 radical (unpaired) electrons. The molecule has 8 N–H and O–H groups in total. The van der Waals surface area contributed by atoms with E-state index < -0.39 is 29.6 Å². The number of likely N-dealkylation sites (N-methyl/N-ethyl adjacent to an activating group) is 1. The SMILES string of the molecule is CC(CO)COC(=O)CCC(=O)OCC(C)CO.CC1(C)CC(N=C=O)CC(C)(CN=C=O)C1.CN(CCO)CCO.Cc1nc(NC(=O)NC2CC(C)(C)CC(C)(CN=C=O)C2)[nH]c(=O)c1CCOC(=O)NC1CC(C)(C)CC(C)(CN=C=O)C1. The number of nitrogens with zero attached hydrogens (tertiary/aromatic N) is 6. The molecule has 8 atom stereocenters.